The number of aromatic nitrogens is 2. The monoisotopic (exact) mass is 515 g/mol. The van der Waals surface area contributed by atoms with Gasteiger partial charge in [0, 0.05) is 31.1 Å². The Morgan fingerprint density at radius 1 is 0.917 bits per heavy atom. The van der Waals surface area contributed by atoms with E-state index in [0.717, 1.165) is 10.9 Å². The van der Waals surface area contributed by atoms with Crippen LogP contribution in [-0.2, 0) is 15.8 Å². The van der Waals surface area contributed by atoms with Gasteiger partial charge in [-0.2, -0.15) is 18.3 Å². The van der Waals surface area contributed by atoms with E-state index in [1.807, 2.05) is 0 Å². The zero-order valence-electron chi connectivity index (χ0n) is 19.2. The molecule has 3 rings (SSSR count). The van der Waals surface area contributed by atoms with Gasteiger partial charge < -0.3 is 16.0 Å². The molecule has 1 aromatic heterocycles. The van der Waals surface area contributed by atoms with E-state index >= 15 is 0 Å². The third kappa shape index (κ3) is 7.25. The topological polar surface area (TPSA) is 105 Å². The van der Waals surface area contributed by atoms with Gasteiger partial charge in [0.05, 0.1) is 17.8 Å². The van der Waals surface area contributed by atoms with Crippen molar-refractivity contribution in [2.24, 2.45) is 11.8 Å². The number of benzene rings is 1. The number of halogens is 5. The molecule has 1 aliphatic carbocycles. The summed E-state index contributed by atoms with van der Waals surface area (Å²) in [5.41, 5.74) is -1.60. The molecule has 196 valence electrons. The Bertz CT molecular complexity index is 1050. The normalized spacial score (nSPS) is 18.1. The molecule has 1 aliphatic rings. The summed E-state index contributed by atoms with van der Waals surface area (Å²) in [7, 11) is 0. The van der Waals surface area contributed by atoms with Gasteiger partial charge in [-0.05, 0) is 37.8 Å². The second kappa shape index (κ2) is 12.0. The van der Waals surface area contributed by atoms with E-state index in [1.54, 1.807) is 30.3 Å². The molecule has 1 heterocycles. The minimum atomic E-state index is -4.84. The Labute approximate surface area is 203 Å². The first kappa shape index (κ1) is 27.1. The number of hydrogen-bond donors (Lipinski definition) is 3. The van der Waals surface area contributed by atoms with Crippen LogP contribution < -0.4 is 16.0 Å². The van der Waals surface area contributed by atoms with Gasteiger partial charge in [0.25, 0.3) is 12.3 Å². The zero-order valence-corrected chi connectivity index (χ0v) is 19.2. The third-order valence-electron chi connectivity index (χ3n) is 5.86. The first-order valence-corrected chi connectivity index (χ1v) is 11.4. The molecule has 1 fully saturated rings. The van der Waals surface area contributed by atoms with Crippen molar-refractivity contribution in [1.82, 2.24) is 25.7 Å². The highest BCUT2D eigenvalue weighted by Gasteiger charge is 2.39. The van der Waals surface area contributed by atoms with Crippen LogP contribution in [0.1, 0.15) is 41.7 Å². The van der Waals surface area contributed by atoms with E-state index in [2.05, 4.69) is 21.0 Å². The van der Waals surface area contributed by atoms with Crippen LogP contribution in [0.25, 0.3) is 5.69 Å². The highest BCUT2D eigenvalue weighted by molar-refractivity contribution is 5.95. The summed E-state index contributed by atoms with van der Waals surface area (Å²) in [6.45, 7) is -0.820. The van der Waals surface area contributed by atoms with Crippen molar-refractivity contribution in [3.63, 3.8) is 0 Å². The van der Waals surface area contributed by atoms with E-state index in [1.165, 1.54) is 0 Å². The standard InChI is InChI=1S/C23H26F5N5O3/c24-18(25)12-31-21(35)15-8-6-14(7-9-15)20(34)29-10-11-30-22(36)17-13-33(16-4-2-1-3-5-16)32-19(17)23(26,27)28/h1-5,13-15,18H,6-12H2,(H,29,34)(H,30,36)(H,31,35)/t14-,15-. The van der Waals surface area contributed by atoms with Gasteiger partial charge in [0.1, 0.15) is 0 Å². The summed E-state index contributed by atoms with van der Waals surface area (Å²) in [5, 5.41) is 10.7. The molecule has 36 heavy (non-hydrogen) atoms. The lowest BCUT2D eigenvalue weighted by molar-refractivity contribution is -0.141. The maximum atomic E-state index is 13.4. The number of carbonyl (C=O) groups excluding carboxylic acids is 3. The van der Waals surface area contributed by atoms with Crippen LogP contribution in [0.3, 0.4) is 0 Å². The van der Waals surface area contributed by atoms with Crippen molar-refractivity contribution >= 4 is 17.7 Å². The Morgan fingerprint density at radius 2 is 1.47 bits per heavy atom. The van der Waals surface area contributed by atoms with Crippen molar-refractivity contribution < 1.29 is 36.3 Å². The Kier molecular flexibility index (Phi) is 8.99. The van der Waals surface area contributed by atoms with E-state index in [0.29, 0.717) is 31.4 Å². The summed E-state index contributed by atoms with van der Waals surface area (Å²) in [6.07, 6.45) is -4.89. The Balaban J connectivity index is 1.47. The van der Waals surface area contributed by atoms with E-state index in [4.69, 9.17) is 0 Å². The largest absolute Gasteiger partial charge is 0.435 e. The molecule has 0 bridgehead atoms. The number of nitrogens with zero attached hydrogens (tertiary/aromatic N) is 2. The third-order valence-corrected chi connectivity index (χ3v) is 5.86. The smallest absolute Gasteiger partial charge is 0.354 e. The SMILES string of the molecule is O=C(NCCNC(=O)[C@H]1CC[C@H](C(=O)NCC(F)F)CC1)c1cn(-c2ccccc2)nc1C(F)(F)F. The maximum absolute atomic E-state index is 13.4. The van der Waals surface area contributed by atoms with Gasteiger partial charge in [-0.25, -0.2) is 13.5 Å². The molecule has 3 amide bonds. The molecule has 0 aliphatic heterocycles. The van der Waals surface area contributed by atoms with E-state index in [-0.39, 0.29) is 24.9 Å². The predicted molar refractivity (Wildman–Crippen MR) is 118 cm³/mol. The molecule has 0 atom stereocenters. The number of alkyl halides is 5. The molecular weight excluding hydrogens is 489 g/mol. The maximum Gasteiger partial charge on any atom is 0.435 e. The van der Waals surface area contributed by atoms with Crippen LogP contribution in [-0.4, -0.2) is 53.6 Å². The number of para-hydroxylation sites is 1. The summed E-state index contributed by atoms with van der Waals surface area (Å²) in [6, 6.07) is 8.04. The lowest BCUT2D eigenvalue weighted by Gasteiger charge is -2.27. The number of hydrogen-bond acceptors (Lipinski definition) is 4. The molecule has 0 saturated heterocycles. The molecule has 0 radical (unpaired) electrons. The molecule has 1 saturated carbocycles. The number of rotatable bonds is 9. The summed E-state index contributed by atoms with van der Waals surface area (Å²) in [4.78, 5) is 36.7. The lowest BCUT2D eigenvalue weighted by Crippen LogP contribution is -2.40. The van der Waals surface area contributed by atoms with Crippen LogP contribution >= 0.6 is 0 Å². The van der Waals surface area contributed by atoms with Crippen LogP contribution in [0.15, 0.2) is 36.5 Å². The fourth-order valence-corrected chi connectivity index (χ4v) is 4.00. The fraction of sp³-hybridized carbons (Fsp3) is 0.478. The molecule has 0 spiro atoms. The van der Waals surface area contributed by atoms with Crippen molar-refractivity contribution in [3.8, 4) is 5.69 Å². The molecular formula is C23H26F5N5O3. The fourth-order valence-electron chi connectivity index (χ4n) is 4.00. The van der Waals surface area contributed by atoms with E-state index < -0.39 is 48.1 Å². The minimum absolute atomic E-state index is 0.00640. The van der Waals surface area contributed by atoms with E-state index in [9.17, 15) is 36.3 Å². The van der Waals surface area contributed by atoms with Crippen LogP contribution in [0, 0.1) is 11.8 Å². The summed E-state index contributed by atoms with van der Waals surface area (Å²) in [5.74, 6) is -2.53. The van der Waals surface area contributed by atoms with Gasteiger partial charge in [-0.15, -0.1) is 0 Å². The van der Waals surface area contributed by atoms with Gasteiger partial charge >= 0.3 is 6.18 Å². The number of amides is 3. The second-order valence-corrected chi connectivity index (χ2v) is 8.40. The van der Waals surface area contributed by atoms with Crippen LogP contribution in [0.2, 0.25) is 0 Å². The summed E-state index contributed by atoms with van der Waals surface area (Å²) >= 11 is 0. The van der Waals surface area contributed by atoms with Crippen LogP contribution in [0.4, 0.5) is 22.0 Å². The van der Waals surface area contributed by atoms with Crippen molar-refractivity contribution in [2.75, 3.05) is 19.6 Å². The highest BCUT2D eigenvalue weighted by Crippen LogP contribution is 2.31. The van der Waals surface area contributed by atoms with Crippen molar-refractivity contribution in [2.45, 2.75) is 38.3 Å². The second-order valence-electron chi connectivity index (χ2n) is 8.40. The van der Waals surface area contributed by atoms with Gasteiger partial charge in [-0.3, -0.25) is 14.4 Å². The first-order chi connectivity index (χ1) is 17.1. The highest BCUT2D eigenvalue weighted by atomic mass is 19.4. The molecule has 0 unspecified atom stereocenters. The average Bonchev–Trinajstić information content (AvgIpc) is 3.32. The molecule has 13 heteroatoms. The van der Waals surface area contributed by atoms with Crippen molar-refractivity contribution in [3.05, 3.63) is 47.8 Å². The molecule has 8 nitrogen and oxygen atoms in total. The number of carbonyl (C=O) groups is 3. The Hall–Kier alpha value is -3.51. The minimum Gasteiger partial charge on any atom is -0.354 e. The van der Waals surface area contributed by atoms with Crippen molar-refractivity contribution in [1.29, 1.82) is 0 Å². The first-order valence-electron chi connectivity index (χ1n) is 11.4. The van der Waals surface area contributed by atoms with Gasteiger partial charge in [0.15, 0.2) is 5.69 Å². The quantitative estimate of drug-likeness (QED) is 0.353. The average molecular weight is 515 g/mol. The predicted octanol–water partition coefficient (Wildman–Crippen LogP) is 2.92. The summed E-state index contributed by atoms with van der Waals surface area (Å²) < 4.78 is 65.7. The van der Waals surface area contributed by atoms with Gasteiger partial charge in [0.2, 0.25) is 11.8 Å². The Morgan fingerprint density at radius 3 is 2.03 bits per heavy atom. The number of nitrogens with one attached hydrogen (secondary N) is 3. The molecule has 2 aromatic rings. The molecule has 3 N–H and O–H groups in total. The molecule has 1 aromatic carbocycles. The van der Waals surface area contributed by atoms with Crippen LogP contribution in [0.5, 0.6) is 0 Å². The lowest BCUT2D eigenvalue weighted by atomic mass is 9.81. The van der Waals surface area contributed by atoms with Gasteiger partial charge in [-0.1, -0.05) is 18.2 Å². The zero-order chi connectivity index (χ0) is 26.3.